The van der Waals surface area contributed by atoms with Crippen molar-refractivity contribution in [3.8, 4) is 11.1 Å². The summed E-state index contributed by atoms with van der Waals surface area (Å²) in [4.78, 5) is 26.6. The summed E-state index contributed by atoms with van der Waals surface area (Å²) in [7, 11) is 0. The van der Waals surface area contributed by atoms with Crippen molar-refractivity contribution >= 4 is 12.0 Å². The molecule has 2 aromatic rings. The molecule has 3 rings (SSSR count). The Kier molecular flexibility index (Phi) is 6.77. The molecular formula is C24H31N3O3. The molecule has 3 N–H and O–H groups in total. The number of nitrogens with two attached hydrogens (primary N) is 1. The summed E-state index contributed by atoms with van der Waals surface area (Å²) in [5.74, 6) is -0.230. The van der Waals surface area contributed by atoms with E-state index in [0.29, 0.717) is 19.4 Å². The van der Waals surface area contributed by atoms with Crippen LogP contribution in [0.15, 0.2) is 54.6 Å². The van der Waals surface area contributed by atoms with Crippen molar-refractivity contribution in [1.29, 1.82) is 0 Å². The van der Waals surface area contributed by atoms with Crippen molar-refractivity contribution in [2.75, 3.05) is 6.54 Å². The maximum Gasteiger partial charge on any atom is 0.410 e. The molecule has 0 unspecified atom stereocenters. The lowest BCUT2D eigenvalue weighted by atomic mass is 10.0. The molecule has 1 aliphatic heterocycles. The summed E-state index contributed by atoms with van der Waals surface area (Å²) in [6, 6.07) is 17.8. The molecular weight excluding hydrogens is 378 g/mol. The third-order valence-corrected chi connectivity index (χ3v) is 5.03. The van der Waals surface area contributed by atoms with E-state index in [9.17, 15) is 9.59 Å². The fourth-order valence-corrected chi connectivity index (χ4v) is 3.63. The van der Waals surface area contributed by atoms with Crippen LogP contribution in [0.4, 0.5) is 4.79 Å². The highest BCUT2D eigenvalue weighted by atomic mass is 16.6. The monoisotopic (exact) mass is 409 g/mol. The van der Waals surface area contributed by atoms with Gasteiger partial charge in [-0.15, -0.1) is 0 Å². The summed E-state index contributed by atoms with van der Waals surface area (Å²) in [6.45, 7) is 5.96. The minimum atomic E-state index is -0.594. The number of carbonyl (C=O) groups is 2. The van der Waals surface area contributed by atoms with Crippen molar-refractivity contribution in [3.05, 3.63) is 60.2 Å². The minimum Gasteiger partial charge on any atom is -0.444 e. The number of hydrogen-bond donors (Lipinski definition) is 2. The van der Waals surface area contributed by atoms with Crippen LogP contribution in [0, 0.1) is 0 Å². The molecule has 2 amide bonds. The summed E-state index contributed by atoms with van der Waals surface area (Å²) >= 11 is 0. The number of likely N-dealkylation sites (tertiary alicyclic amines) is 1. The number of ether oxygens (including phenoxy) is 1. The molecule has 1 heterocycles. The van der Waals surface area contributed by atoms with Gasteiger partial charge in [-0.3, -0.25) is 9.69 Å². The largest absolute Gasteiger partial charge is 0.444 e. The first-order valence-electron chi connectivity index (χ1n) is 10.4. The Bertz CT molecular complexity index is 860. The van der Waals surface area contributed by atoms with Crippen molar-refractivity contribution in [1.82, 2.24) is 10.2 Å². The zero-order valence-electron chi connectivity index (χ0n) is 17.9. The van der Waals surface area contributed by atoms with E-state index in [0.717, 1.165) is 23.1 Å². The molecule has 1 saturated heterocycles. The highest BCUT2D eigenvalue weighted by Crippen LogP contribution is 2.22. The molecule has 0 radical (unpaired) electrons. The van der Waals surface area contributed by atoms with E-state index in [2.05, 4.69) is 29.6 Å². The standard InChI is InChI=1S/C24H31N3O3/c1-24(2,3)30-23(29)27-15-7-10-20(27)22(28)26-21(25)16-17-11-13-19(14-12-17)18-8-5-4-6-9-18/h4-6,8-9,11-14,20-21H,7,10,15-16,25H2,1-3H3,(H,26,28)/t20-,21-/m0/s1. The maximum atomic E-state index is 12.7. The van der Waals surface area contributed by atoms with Gasteiger partial charge >= 0.3 is 6.09 Å². The summed E-state index contributed by atoms with van der Waals surface area (Å²) in [5, 5.41) is 2.85. The normalized spacial score (nSPS) is 17.5. The quantitative estimate of drug-likeness (QED) is 0.738. The number of nitrogens with one attached hydrogen (secondary N) is 1. The lowest BCUT2D eigenvalue weighted by Crippen LogP contribution is -2.52. The first-order chi connectivity index (χ1) is 14.2. The van der Waals surface area contributed by atoms with Crippen LogP contribution < -0.4 is 11.1 Å². The third-order valence-electron chi connectivity index (χ3n) is 5.03. The number of amides is 2. The smallest absolute Gasteiger partial charge is 0.410 e. The van der Waals surface area contributed by atoms with Crippen LogP contribution in [0.3, 0.4) is 0 Å². The highest BCUT2D eigenvalue weighted by Gasteiger charge is 2.36. The van der Waals surface area contributed by atoms with Gasteiger partial charge in [0, 0.05) is 13.0 Å². The fourth-order valence-electron chi connectivity index (χ4n) is 3.63. The second-order valence-corrected chi connectivity index (χ2v) is 8.71. The van der Waals surface area contributed by atoms with Gasteiger partial charge in [-0.1, -0.05) is 54.6 Å². The van der Waals surface area contributed by atoms with Gasteiger partial charge in [-0.2, -0.15) is 0 Å². The van der Waals surface area contributed by atoms with Crippen molar-refractivity contribution in [2.45, 2.75) is 57.8 Å². The van der Waals surface area contributed by atoms with Crippen molar-refractivity contribution in [3.63, 3.8) is 0 Å². The fraction of sp³-hybridized carbons (Fsp3) is 0.417. The molecule has 0 aliphatic carbocycles. The predicted octanol–water partition coefficient (Wildman–Crippen LogP) is 3.70. The van der Waals surface area contributed by atoms with Crippen LogP contribution in [0.1, 0.15) is 39.2 Å². The molecule has 0 bridgehead atoms. The molecule has 2 atom stereocenters. The zero-order valence-corrected chi connectivity index (χ0v) is 17.9. The predicted molar refractivity (Wildman–Crippen MR) is 118 cm³/mol. The number of rotatable bonds is 5. The van der Waals surface area contributed by atoms with E-state index >= 15 is 0 Å². The summed E-state index contributed by atoms with van der Waals surface area (Å²) in [6.07, 6.45) is 0.920. The third kappa shape index (κ3) is 5.83. The lowest BCUT2D eigenvalue weighted by molar-refractivity contribution is -0.126. The van der Waals surface area contributed by atoms with Gasteiger partial charge in [0.1, 0.15) is 11.6 Å². The second-order valence-electron chi connectivity index (χ2n) is 8.71. The molecule has 6 nitrogen and oxygen atoms in total. The molecule has 160 valence electrons. The molecule has 2 aromatic carbocycles. The van der Waals surface area contributed by atoms with Crippen LogP contribution in [0.5, 0.6) is 0 Å². The first-order valence-corrected chi connectivity index (χ1v) is 10.4. The minimum absolute atomic E-state index is 0.230. The van der Waals surface area contributed by atoms with Gasteiger partial charge in [0.15, 0.2) is 0 Å². The number of carbonyl (C=O) groups excluding carboxylic acids is 2. The Balaban J connectivity index is 1.55. The van der Waals surface area contributed by atoms with Gasteiger partial charge in [0.25, 0.3) is 0 Å². The van der Waals surface area contributed by atoms with Crippen LogP contribution in [0.25, 0.3) is 11.1 Å². The van der Waals surface area contributed by atoms with Crippen LogP contribution in [-0.4, -0.2) is 41.3 Å². The van der Waals surface area contributed by atoms with Crippen LogP contribution in [-0.2, 0) is 16.0 Å². The SMILES string of the molecule is CC(C)(C)OC(=O)N1CCC[C@H]1C(=O)N[C@H](N)Cc1ccc(-c2ccccc2)cc1. The van der Waals surface area contributed by atoms with Gasteiger partial charge in [0.2, 0.25) is 5.91 Å². The average molecular weight is 410 g/mol. The van der Waals surface area contributed by atoms with Crippen LogP contribution >= 0.6 is 0 Å². The Morgan fingerprint density at radius 1 is 1.10 bits per heavy atom. The first kappa shape index (κ1) is 21.8. The van der Waals surface area contributed by atoms with E-state index in [1.165, 1.54) is 4.90 Å². The number of hydrogen-bond acceptors (Lipinski definition) is 4. The molecule has 0 aromatic heterocycles. The Morgan fingerprint density at radius 2 is 1.73 bits per heavy atom. The van der Waals surface area contributed by atoms with Gasteiger partial charge in [-0.05, 0) is 50.3 Å². The average Bonchev–Trinajstić information content (AvgIpc) is 3.18. The van der Waals surface area contributed by atoms with E-state index in [4.69, 9.17) is 10.5 Å². The highest BCUT2D eigenvalue weighted by molar-refractivity contribution is 5.86. The molecule has 1 fully saturated rings. The van der Waals surface area contributed by atoms with Gasteiger partial charge in [-0.25, -0.2) is 4.79 Å². The van der Waals surface area contributed by atoms with Gasteiger partial charge < -0.3 is 15.8 Å². The second kappa shape index (κ2) is 9.30. The van der Waals surface area contributed by atoms with Crippen molar-refractivity contribution in [2.24, 2.45) is 5.73 Å². The number of benzene rings is 2. The Hall–Kier alpha value is -2.86. The topological polar surface area (TPSA) is 84.7 Å². The lowest BCUT2D eigenvalue weighted by Gasteiger charge is -2.28. The van der Waals surface area contributed by atoms with E-state index in [-0.39, 0.29) is 5.91 Å². The Morgan fingerprint density at radius 3 is 2.37 bits per heavy atom. The Labute approximate surface area is 178 Å². The summed E-state index contributed by atoms with van der Waals surface area (Å²) < 4.78 is 5.43. The zero-order chi connectivity index (χ0) is 21.7. The van der Waals surface area contributed by atoms with Crippen molar-refractivity contribution < 1.29 is 14.3 Å². The summed E-state index contributed by atoms with van der Waals surface area (Å²) in [5.41, 5.74) is 8.92. The van der Waals surface area contributed by atoms with E-state index in [1.807, 2.05) is 51.1 Å². The van der Waals surface area contributed by atoms with Gasteiger partial charge in [0.05, 0.1) is 6.17 Å². The molecule has 0 saturated carbocycles. The molecule has 6 heteroatoms. The molecule has 30 heavy (non-hydrogen) atoms. The van der Waals surface area contributed by atoms with Crippen LogP contribution in [0.2, 0.25) is 0 Å². The molecule has 1 aliphatic rings. The van der Waals surface area contributed by atoms with E-state index < -0.39 is 23.9 Å². The number of nitrogens with zero attached hydrogens (tertiary/aromatic N) is 1. The maximum absolute atomic E-state index is 12.7. The molecule has 0 spiro atoms. The van der Waals surface area contributed by atoms with E-state index in [1.54, 1.807) is 0 Å².